The van der Waals surface area contributed by atoms with Gasteiger partial charge in [0.2, 0.25) is 0 Å². The number of hydrogen-bond donors (Lipinski definition) is 3. The molecule has 0 aliphatic rings. The fraction of sp³-hybridized carbons (Fsp3) is 0.417. The van der Waals surface area contributed by atoms with Crippen molar-refractivity contribution >= 4 is 11.7 Å². The summed E-state index contributed by atoms with van der Waals surface area (Å²) in [7, 11) is 0. The first-order valence-electron chi connectivity index (χ1n) is 5.82. The van der Waals surface area contributed by atoms with Crippen molar-refractivity contribution in [2.24, 2.45) is 0 Å². The predicted octanol–water partition coefficient (Wildman–Crippen LogP) is 1.49. The topological polar surface area (TPSA) is 70.6 Å². The lowest BCUT2D eigenvalue weighted by Crippen LogP contribution is -2.30. The normalized spacial score (nSPS) is 10.3. The second-order valence-corrected chi connectivity index (χ2v) is 3.69. The third-order valence-corrected chi connectivity index (χ3v) is 2.17. The summed E-state index contributed by atoms with van der Waals surface area (Å²) in [5.41, 5.74) is -0.0876. The molecule has 1 rings (SSSR count). The van der Waals surface area contributed by atoms with Gasteiger partial charge in [0.25, 0.3) is 0 Å². The molecule has 0 atom stereocenters. The van der Waals surface area contributed by atoms with Crippen molar-refractivity contribution in [3.8, 4) is 0 Å². The Morgan fingerprint density at radius 2 is 2.11 bits per heavy atom. The molecule has 19 heavy (non-hydrogen) atoms. The van der Waals surface area contributed by atoms with Gasteiger partial charge in [0.05, 0.1) is 18.9 Å². The lowest BCUT2D eigenvalue weighted by Gasteiger charge is -2.08. The first-order chi connectivity index (χ1) is 9.13. The summed E-state index contributed by atoms with van der Waals surface area (Å²) < 4.78 is 30.8. The molecule has 0 radical (unpaired) electrons. The number of aliphatic hydroxyl groups excluding tert-OH is 1. The van der Waals surface area contributed by atoms with Gasteiger partial charge < -0.3 is 20.5 Å². The highest BCUT2D eigenvalue weighted by Gasteiger charge is 2.06. The number of ether oxygens (including phenoxy) is 1. The van der Waals surface area contributed by atoms with Crippen molar-refractivity contribution < 1.29 is 23.4 Å². The Balaban J connectivity index is 2.23. The van der Waals surface area contributed by atoms with E-state index in [1.54, 1.807) is 0 Å². The molecule has 3 N–H and O–H groups in total. The van der Waals surface area contributed by atoms with Crippen molar-refractivity contribution in [2.45, 2.75) is 6.42 Å². The molecule has 1 aromatic carbocycles. The molecule has 0 heterocycles. The monoisotopic (exact) mass is 274 g/mol. The van der Waals surface area contributed by atoms with E-state index in [9.17, 15) is 13.6 Å². The van der Waals surface area contributed by atoms with Crippen LogP contribution in [0.5, 0.6) is 0 Å². The molecule has 1 aromatic rings. The van der Waals surface area contributed by atoms with Gasteiger partial charge in [0, 0.05) is 19.2 Å². The van der Waals surface area contributed by atoms with Crippen molar-refractivity contribution in [1.82, 2.24) is 5.32 Å². The van der Waals surface area contributed by atoms with Crippen LogP contribution in [-0.4, -0.2) is 37.5 Å². The number of benzene rings is 1. The third kappa shape index (κ3) is 6.12. The van der Waals surface area contributed by atoms with E-state index >= 15 is 0 Å². The maximum absolute atomic E-state index is 13.2. The van der Waals surface area contributed by atoms with E-state index in [1.807, 2.05) is 0 Å². The van der Waals surface area contributed by atoms with E-state index in [-0.39, 0.29) is 18.9 Å². The number of hydrogen-bond acceptors (Lipinski definition) is 3. The minimum atomic E-state index is -0.832. The maximum Gasteiger partial charge on any atom is 0.319 e. The maximum atomic E-state index is 13.2. The molecule has 0 aliphatic carbocycles. The zero-order valence-electron chi connectivity index (χ0n) is 10.3. The summed E-state index contributed by atoms with van der Waals surface area (Å²) in [6.07, 6.45) is 0.569. The van der Waals surface area contributed by atoms with Crippen LogP contribution in [0.25, 0.3) is 0 Å². The van der Waals surface area contributed by atoms with Gasteiger partial charge in [-0.3, -0.25) is 0 Å². The Morgan fingerprint density at radius 3 is 2.79 bits per heavy atom. The molecule has 106 valence electrons. The lowest BCUT2D eigenvalue weighted by molar-refractivity contribution is 0.0910. The highest BCUT2D eigenvalue weighted by molar-refractivity contribution is 5.89. The van der Waals surface area contributed by atoms with Gasteiger partial charge in [0.15, 0.2) is 0 Å². The SMILES string of the molecule is O=C(NCCCOCCO)Nc1ccc(F)cc1F. The van der Waals surface area contributed by atoms with E-state index in [4.69, 9.17) is 9.84 Å². The minimum Gasteiger partial charge on any atom is -0.394 e. The van der Waals surface area contributed by atoms with Crippen molar-refractivity contribution in [3.05, 3.63) is 29.8 Å². The van der Waals surface area contributed by atoms with Gasteiger partial charge >= 0.3 is 6.03 Å². The Kier molecular flexibility index (Phi) is 6.76. The van der Waals surface area contributed by atoms with E-state index in [0.29, 0.717) is 25.6 Å². The summed E-state index contributed by atoms with van der Waals surface area (Å²) >= 11 is 0. The molecule has 0 bridgehead atoms. The molecule has 0 aliphatic heterocycles. The zero-order valence-corrected chi connectivity index (χ0v) is 10.3. The van der Waals surface area contributed by atoms with Gasteiger partial charge in [-0.1, -0.05) is 0 Å². The number of carbonyl (C=O) groups is 1. The Bertz CT molecular complexity index is 416. The zero-order chi connectivity index (χ0) is 14.1. The van der Waals surface area contributed by atoms with Crippen LogP contribution in [0.1, 0.15) is 6.42 Å². The molecule has 2 amide bonds. The van der Waals surface area contributed by atoms with Crippen LogP contribution in [0.15, 0.2) is 18.2 Å². The molecule has 0 spiro atoms. The summed E-state index contributed by atoms with van der Waals surface area (Å²) in [5, 5.41) is 13.2. The van der Waals surface area contributed by atoms with E-state index < -0.39 is 17.7 Å². The number of halogens is 2. The average Bonchev–Trinajstić information content (AvgIpc) is 2.37. The number of amides is 2. The van der Waals surface area contributed by atoms with Gasteiger partial charge in [-0.05, 0) is 18.6 Å². The van der Waals surface area contributed by atoms with Gasteiger partial charge in [-0.15, -0.1) is 0 Å². The number of rotatable bonds is 7. The van der Waals surface area contributed by atoms with Crippen LogP contribution in [0.3, 0.4) is 0 Å². The highest BCUT2D eigenvalue weighted by atomic mass is 19.1. The summed E-state index contributed by atoms with van der Waals surface area (Å²) in [5.74, 6) is -1.54. The van der Waals surface area contributed by atoms with Crippen LogP contribution < -0.4 is 10.6 Å². The molecule has 0 fully saturated rings. The van der Waals surface area contributed by atoms with E-state index in [2.05, 4.69) is 10.6 Å². The average molecular weight is 274 g/mol. The number of urea groups is 1. The number of aliphatic hydroxyl groups is 1. The summed E-state index contributed by atoms with van der Waals surface area (Å²) in [6, 6.07) is 2.32. The molecule has 0 saturated carbocycles. The molecular formula is C12H16F2N2O3. The van der Waals surface area contributed by atoms with Crippen LogP contribution in [0.4, 0.5) is 19.3 Å². The summed E-state index contributed by atoms with van der Waals surface area (Å²) in [6.45, 7) is 0.969. The molecular weight excluding hydrogens is 258 g/mol. The largest absolute Gasteiger partial charge is 0.394 e. The Labute approximate surface area is 109 Å². The van der Waals surface area contributed by atoms with Gasteiger partial charge in [-0.2, -0.15) is 0 Å². The minimum absolute atomic E-state index is 0.0439. The molecule has 7 heteroatoms. The first kappa shape index (κ1) is 15.3. The molecule has 0 unspecified atom stereocenters. The third-order valence-electron chi connectivity index (χ3n) is 2.17. The predicted molar refractivity (Wildman–Crippen MR) is 65.9 cm³/mol. The molecule has 0 aromatic heterocycles. The fourth-order valence-corrected chi connectivity index (χ4v) is 1.30. The van der Waals surface area contributed by atoms with Crippen LogP contribution in [0.2, 0.25) is 0 Å². The fourth-order valence-electron chi connectivity index (χ4n) is 1.30. The van der Waals surface area contributed by atoms with Crippen LogP contribution >= 0.6 is 0 Å². The number of nitrogens with one attached hydrogen (secondary N) is 2. The van der Waals surface area contributed by atoms with Crippen LogP contribution in [-0.2, 0) is 4.74 Å². The molecule has 0 saturated heterocycles. The standard InChI is InChI=1S/C12H16F2N2O3/c13-9-2-3-11(10(14)8-9)16-12(18)15-4-1-6-19-7-5-17/h2-3,8,17H,1,4-7H2,(H2,15,16,18). The summed E-state index contributed by atoms with van der Waals surface area (Å²) in [4.78, 5) is 11.4. The van der Waals surface area contributed by atoms with E-state index in [0.717, 1.165) is 12.1 Å². The van der Waals surface area contributed by atoms with Crippen molar-refractivity contribution in [2.75, 3.05) is 31.7 Å². The lowest BCUT2D eigenvalue weighted by atomic mass is 10.3. The molecule has 5 nitrogen and oxygen atoms in total. The first-order valence-corrected chi connectivity index (χ1v) is 5.82. The van der Waals surface area contributed by atoms with Crippen molar-refractivity contribution in [1.29, 1.82) is 0 Å². The Hall–Kier alpha value is -1.73. The van der Waals surface area contributed by atoms with Crippen molar-refractivity contribution in [3.63, 3.8) is 0 Å². The van der Waals surface area contributed by atoms with E-state index in [1.165, 1.54) is 0 Å². The second kappa shape index (κ2) is 8.39. The number of carbonyl (C=O) groups excluding carboxylic acids is 1. The van der Waals surface area contributed by atoms with Gasteiger partial charge in [0.1, 0.15) is 11.6 Å². The van der Waals surface area contributed by atoms with Crippen LogP contribution in [0, 0.1) is 11.6 Å². The number of anilines is 1. The highest BCUT2D eigenvalue weighted by Crippen LogP contribution is 2.14. The van der Waals surface area contributed by atoms with Gasteiger partial charge in [-0.25, -0.2) is 13.6 Å². The Morgan fingerprint density at radius 1 is 1.32 bits per heavy atom. The second-order valence-electron chi connectivity index (χ2n) is 3.69. The quantitative estimate of drug-likeness (QED) is 0.660. The smallest absolute Gasteiger partial charge is 0.319 e.